The number of hydrogen-bond acceptors (Lipinski definition) is 21. The molecule has 0 spiro atoms. The first-order chi connectivity index (χ1) is 53.1. The van der Waals surface area contributed by atoms with E-state index < -0.39 is 72.1 Å². The van der Waals surface area contributed by atoms with E-state index >= 15 is 0 Å². The number of pyridine rings is 1. The van der Waals surface area contributed by atoms with Crippen LogP contribution in [0.5, 0.6) is 0 Å². The smallest absolute Gasteiger partial charge is 0.278 e. The lowest BCUT2D eigenvalue weighted by molar-refractivity contribution is -0.136. The third-order valence-electron chi connectivity index (χ3n) is 19.2. The molecule has 8 N–H and O–H groups in total. The number of amides is 9. The monoisotopic (exact) mass is 1490 g/mol. The SMILES string of the molecule is C=CCn1c(=O)c2cnc(Nc3ccc(N4CCN(CCOCCOCC(=O)Nc5cc(C#CCCC(=O)N6CCC[C@@H](c7ccc(-n8cc9cccc(C(N)=O)c9n8)cc7)C6)cc(NC(=O)COCC(=O)Nc6cccc7c6C(=O)N(C6CCC(=O)NC6=O)C7=O)c5)CC4)cc3)nc2n1-c1cccc(C(C)(C)O)n1. The molecule has 0 saturated carbocycles. The van der Waals surface area contributed by atoms with Crippen LogP contribution < -0.4 is 42.8 Å². The second-order valence-electron chi connectivity index (χ2n) is 27.4. The molecule has 31 heteroatoms. The summed E-state index contributed by atoms with van der Waals surface area (Å²) in [5.41, 5.74) is 10.1. The Bertz CT molecular complexity index is 5200. The zero-order valence-electron chi connectivity index (χ0n) is 60.5. The molecule has 0 radical (unpaired) electrons. The quantitative estimate of drug-likeness (QED) is 0.0130. The number of primary amides is 1. The van der Waals surface area contributed by atoms with Crippen molar-refractivity contribution in [2.75, 3.05) is 112 Å². The fourth-order valence-electron chi connectivity index (χ4n) is 13.7. The van der Waals surface area contributed by atoms with Gasteiger partial charge >= 0.3 is 0 Å². The summed E-state index contributed by atoms with van der Waals surface area (Å²) in [6.07, 6.45) is 6.88. The van der Waals surface area contributed by atoms with Gasteiger partial charge in [0.05, 0.1) is 60.1 Å². The van der Waals surface area contributed by atoms with Crippen LogP contribution >= 0.6 is 0 Å². The van der Waals surface area contributed by atoms with Crippen LogP contribution in [-0.2, 0) is 55.1 Å². The van der Waals surface area contributed by atoms with E-state index in [9.17, 15) is 53.1 Å². The van der Waals surface area contributed by atoms with E-state index in [0.717, 1.165) is 71.9 Å². The van der Waals surface area contributed by atoms with Gasteiger partial charge in [-0.05, 0) is 124 Å². The number of fused-ring (bicyclic) bond motifs is 3. The second kappa shape index (κ2) is 33.7. The van der Waals surface area contributed by atoms with E-state index in [1.165, 1.54) is 35.1 Å². The van der Waals surface area contributed by atoms with Gasteiger partial charge in [0.1, 0.15) is 42.4 Å². The number of nitrogens with two attached hydrogens (primary N) is 1. The van der Waals surface area contributed by atoms with Gasteiger partial charge in [0.2, 0.25) is 41.4 Å². The van der Waals surface area contributed by atoms with E-state index in [4.69, 9.17) is 24.9 Å². The Morgan fingerprint density at radius 2 is 1.46 bits per heavy atom. The lowest BCUT2D eigenvalue weighted by Gasteiger charge is -2.36. The van der Waals surface area contributed by atoms with Gasteiger partial charge in [0, 0.05) is 117 Å². The minimum Gasteiger partial charge on any atom is -0.384 e. The standard InChI is InChI=1S/C79H81N17O14/c1-4-30-94-75(104)60-43-81-78(88-73(60)96(94)64-18-9-17-63(86-64)79(2,3)107)84-53-22-26-56(27-23-53)91-34-32-90(33-35-91)36-37-108-38-39-109-46-66(98)82-54-40-49(11-5-6-19-69(101)92-31-10-13-51(44-92)50-20-24-57(25-21-50)93-45-52-12-7-15-59(72(80)102)71(52)89-93)41-55(42-54)83-67(99)47-110-48-68(100)85-61-16-8-14-58-70(61)77(106)95(76(58)105)62-28-29-65(97)87-74(62)103/h4,7-9,12,14-18,20-27,40-43,45,51,62,107H,1,6,10,13,19,28-39,44,46-48H2,2-3H3,(H2,80,102)(H,82,98)(H,83,99)(H,85,100)(H,81,84,88)(H,87,97,103)/t51-,62?/m1/s1. The van der Waals surface area contributed by atoms with Gasteiger partial charge in [-0.15, -0.1) is 6.58 Å². The van der Waals surface area contributed by atoms with Crippen LogP contribution in [0.25, 0.3) is 33.4 Å². The molecular formula is C79H81N17O14. The maximum atomic E-state index is 13.7. The highest BCUT2D eigenvalue weighted by Crippen LogP contribution is 2.34. The predicted octanol–water partition coefficient (Wildman–Crippen LogP) is 5.90. The summed E-state index contributed by atoms with van der Waals surface area (Å²) in [6.45, 7) is 11.5. The highest BCUT2D eigenvalue weighted by Gasteiger charge is 2.46. The Hall–Kier alpha value is -12.6. The van der Waals surface area contributed by atoms with E-state index in [0.29, 0.717) is 65.4 Å². The molecule has 1 unspecified atom stereocenters. The Kier molecular flexibility index (Phi) is 23.2. The Labute approximate surface area is 630 Å². The van der Waals surface area contributed by atoms with Gasteiger partial charge in [-0.25, -0.2) is 24.0 Å². The molecule has 566 valence electrons. The number of rotatable bonds is 28. The molecule has 9 aromatic rings. The molecule has 4 aliphatic rings. The molecular weight excluding hydrogens is 1410 g/mol. The average molecular weight is 1490 g/mol. The van der Waals surface area contributed by atoms with Gasteiger partial charge in [-0.2, -0.15) is 10.1 Å². The van der Waals surface area contributed by atoms with Crippen LogP contribution in [0.1, 0.15) is 106 Å². The number of imide groups is 2. The number of hydrogen-bond donors (Lipinski definition) is 7. The summed E-state index contributed by atoms with van der Waals surface area (Å²) >= 11 is 0. The summed E-state index contributed by atoms with van der Waals surface area (Å²) in [6, 6.07) is 34.2. The molecule has 4 aromatic heterocycles. The Morgan fingerprint density at radius 1 is 0.755 bits per heavy atom. The number of likely N-dealkylation sites (tertiary alicyclic amines) is 1. The van der Waals surface area contributed by atoms with Crippen molar-refractivity contribution in [2.24, 2.45) is 5.73 Å². The fourth-order valence-corrected chi connectivity index (χ4v) is 13.7. The number of carbonyl (C=O) groups excluding carboxylic acids is 9. The first-order valence-corrected chi connectivity index (χ1v) is 36.0. The summed E-state index contributed by atoms with van der Waals surface area (Å²) in [5.74, 6) is 1.50. The minimum atomic E-state index is -1.22. The Balaban J connectivity index is 0.573. The van der Waals surface area contributed by atoms with Crippen LogP contribution in [0.15, 0.2) is 151 Å². The minimum absolute atomic E-state index is 0.0210. The first-order valence-electron chi connectivity index (χ1n) is 36.0. The van der Waals surface area contributed by atoms with E-state index in [2.05, 4.69) is 69.9 Å². The first kappa shape index (κ1) is 75.6. The van der Waals surface area contributed by atoms with Crippen LogP contribution in [0, 0.1) is 11.8 Å². The fraction of sp³-hybridized carbons (Fsp3) is 0.316. The number of nitrogens with zero attached hydrogens (tertiary/aromatic N) is 11. The number of aliphatic hydroxyl groups is 1. The van der Waals surface area contributed by atoms with Crippen molar-refractivity contribution >= 4 is 109 Å². The van der Waals surface area contributed by atoms with Gasteiger partial charge in [-0.3, -0.25) is 63.1 Å². The maximum Gasteiger partial charge on any atom is 0.278 e. The largest absolute Gasteiger partial charge is 0.384 e. The number of benzene rings is 5. The highest BCUT2D eigenvalue weighted by molar-refractivity contribution is 6.26. The number of nitrogens with one attached hydrogen (secondary N) is 5. The summed E-state index contributed by atoms with van der Waals surface area (Å²) < 4.78 is 21.9. The third-order valence-corrected chi connectivity index (χ3v) is 19.2. The van der Waals surface area contributed by atoms with Crippen LogP contribution in [0.4, 0.5) is 34.4 Å². The number of carbonyl (C=O) groups is 9. The average Bonchev–Trinajstić information content (AvgIpc) is 1.61. The van der Waals surface area contributed by atoms with Crippen molar-refractivity contribution in [3.05, 3.63) is 190 Å². The molecule has 8 heterocycles. The molecule has 3 fully saturated rings. The van der Waals surface area contributed by atoms with Gasteiger partial charge < -0.3 is 56.1 Å². The lowest BCUT2D eigenvalue weighted by Crippen LogP contribution is -2.54. The van der Waals surface area contributed by atoms with Crippen LogP contribution in [-0.4, -0.2) is 199 Å². The zero-order chi connectivity index (χ0) is 77.2. The molecule has 13 rings (SSSR count). The molecule has 110 heavy (non-hydrogen) atoms. The number of anilines is 6. The number of ether oxygens (including phenoxy) is 3. The molecule has 0 bridgehead atoms. The van der Waals surface area contributed by atoms with Crippen LogP contribution in [0.2, 0.25) is 0 Å². The molecule has 31 nitrogen and oxygen atoms in total. The number of allylic oxidation sites excluding steroid dienone is 1. The third kappa shape index (κ3) is 17.7. The van der Waals surface area contributed by atoms with Crippen molar-refractivity contribution < 1.29 is 62.5 Å². The van der Waals surface area contributed by atoms with E-state index in [-0.39, 0.29) is 104 Å². The van der Waals surface area contributed by atoms with Crippen molar-refractivity contribution in [2.45, 2.75) is 76.5 Å². The topological polar surface area (TPSA) is 384 Å². The van der Waals surface area contributed by atoms with Gasteiger partial charge in [-0.1, -0.05) is 54.3 Å². The zero-order valence-corrected chi connectivity index (χ0v) is 60.5. The summed E-state index contributed by atoms with van der Waals surface area (Å²) in [4.78, 5) is 152. The lowest BCUT2D eigenvalue weighted by atomic mass is 9.90. The van der Waals surface area contributed by atoms with E-state index in [1.807, 2.05) is 65.7 Å². The normalized spacial score (nSPS) is 16.0. The Morgan fingerprint density at radius 3 is 2.19 bits per heavy atom. The molecule has 9 amide bonds. The highest BCUT2D eigenvalue weighted by atomic mass is 16.5. The van der Waals surface area contributed by atoms with Crippen molar-refractivity contribution in [3.63, 3.8) is 0 Å². The molecule has 2 atom stereocenters. The summed E-state index contributed by atoms with van der Waals surface area (Å²) in [5, 5.41) is 29.9. The molecule has 3 saturated heterocycles. The van der Waals surface area contributed by atoms with Crippen molar-refractivity contribution in [1.82, 2.24) is 54.1 Å². The molecule has 4 aliphatic heterocycles. The van der Waals surface area contributed by atoms with Crippen LogP contribution in [0.3, 0.4) is 0 Å². The molecule has 0 aliphatic carbocycles. The summed E-state index contributed by atoms with van der Waals surface area (Å²) in [7, 11) is 0. The van der Waals surface area contributed by atoms with Gasteiger partial charge in [0.25, 0.3) is 23.3 Å². The number of aromatic nitrogens is 7. The van der Waals surface area contributed by atoms with Gasteiger partial charge in [0.15, 0.2) is 11.5 Å². The van der Waals surface area contributed by atoms with Crippen molar-refractivity contribution in [3.8, 4) is 23.3 Å². The second-order valence-corrected chi connectivity index (χ2v) is 27.4. The molecule has 5 aromatic carbocycles. The maximum absolute atomic E-state index is 13.7. The predicted molar refractivity (Wildman–Crippen MR) is 407 cm³/mol. The number of piperazine rings is 1. The van der Waals surface area contributed by atoms with Crippen molar-refractivity contribution in [1.29, 1.82) is 0 Å². The van der Waals surface area contributed by atoms with E-state index in [1.54, 1.807) is 71.8 Å². The number of piperidine rings is 2.